The van der Waals surface area contributed by atoms with Crippen LogP contribution in [0.3, 0.4) is 0 Å². The molecule has 0 radical (unpaired) electrons. The molecule has 0 aromatic heterocycles. The number of nitrogens with two attached hydrogens (primary N) is 1. The lowest BCUT2D eigenvalue weighted by Crippen LogP contribution is -2.42. The lowest BCUT2D eigenvalue weighted by molar-refractivity contribution is -0.176. The highest BCUT2D eigenvalue weighted by molar-refractivity contribution is 4.73. The van der Waals surface area contributed by atoms with E-state index in [-0.39, 0.29) is 6.54 Å². The third-order valence-electron chi connectivity index (χ3n) is 2.66. The second-order valence-corrected chi connectivity index (χ2v) is 4.11. The molecule has 0 rings (SSSR count). The molecule has 0 saturated carbocycles. The van der Waals surface area contributed by atoms with Gasteiger partial charge in [-0.1, -0.05) is 0 Å². The number of nitrogens with zero attached hydrogens (tertiary/aromatic N) is 1. The number of alkyl halides is 3. The standard InChI is InChI=1S/C11H23F3N2O2/c1-17-6-3-4-16(5-7-18-2)9-10(8-15)11(12,13)14/h10H,3-9,15H2,1-2H3. The van der Waals surface area contributed by atoms with E-state index in [9.17, 15) is 13.2 Å². The predicted molar refractivity (Wildman–Crippen MR) is 63.4 cm³/mol. The largest absolute Gasteiger partial charge is 0.394 e. The number of hydrogen-bond acceptors (Lipinski definition) is 4. The van der Waals surface area contributed by atoms with Crippen LogP contribution in [0, 0.1) is 5.92 Å². The molecule has 0 aromatic rings. The number of hydrogen-bond donors (Lipinski definition) is 1. The van der Waals surface area contributed by atoms with Crippen LogP contribution in [0.1, 0.15) is 6.42 Å². The maximum Gasteiger partial charge on any atom is 0.394 e. The Hall–Kier alpha value is -0.370. The Morgan fingerprint density at radius 3 is 2.17 bits per heavy atom. The predicted octanol–water partition coefficient (Wildman–Crippen LogP) is 1.11. The van der Waals surface area contributed by atoms with E-state index in [0.29, 0.717) is 32.7 Å². The van der Waals surface area contributed by atoms with Gasteiger partial charge in [0.15, 0.2) is 0 Å². The number of halogens is 3. The van der Waals surface area contributed by atoms with E-state index in [1.54, 1.807) is 12.0 Å². The molecule has 0 aromatic carbocycles. The Bertz CT molecular complexity index is 203. The van der Waals surface area contributed by atoms with E-state index in [0.717, 1.165) is 0 Å². The monoisotopic (exact) mass is 272 g/mol. The van der Waals surface area contributed by atoms with Gasteiger partial charge in [-0.2, -0.15) is 13.2 Å². The minimum absolute atomic E-state index is 0.0902. The van der Waals surface area contributed by atoms with Gasteiger partial charge >= 0.3 is 6.18 Å². The van der Waals surface area contributed by atoms with Crippen molar-refractivity contribution in [1.82, 2.24) is 4.90 Å². The zero-order chi connectivity index (χ0) is 14.0. The minimum Gasteiger partial charge on any atom is -0.385 e. The summed E-state index contributed by atoms with van der Waals surface area (Å²) in [6.45, 7) is 1.46. The van der Waals surface area contributed by atoms with Crippen molar-refractivity contribution in [2.24, 2.45) is 11.7 Å². The van der Waals surface area contributed by atoms with Gasteiger partial charge in [0, 0.05) is 47.0 Å². The quantitative estimate of drug-likeness (QED) is 0.605. The topological polar surface area (TPSA) is 47.7 Å². The van der Waals surface area contributed by atoms with Crippen LogP contribution in [0.4, 0.5) is 13.2 Å². The molecule has 7 heteroatoms. The van der Waals surface area contributed by atoms with E-state index in [4.69, 9.17) is 15.2 Å². The first-order valence-corrected chi connectivity index (χ1v) is 5.92. The second-order valence-electron chi connectivity index (χ2n) is 4.11. The molecule has 0 heterocycles. The summed E-state index contributed by atoms with van der Waals surface area (Å²) in [6, 6.07) is 0. The molecule has 1 atom stereocenters. The zero-order valence-corrected chi connectivity index (χ0v) is 11.0. The maximum absolute atomic E-state index is 12.6. The fraction of sp³-hybridized carbons (Fsp3) is 1.00. The van der Waals surface area contributed by atoms with Crippen molar-refractivity contribution in [3.63, 3.8) is 0 Å². The molecule has 0 spiro atoms. The Morgan fingerprint density at radius 1 is 1.11 bits per heavy atom. The van der Waals surface area contributed by atoms with E-state index in [1.165, 1.54) is 7.11 Å². The van der Waals surface area contributed by atoms with Crippen LogP contribution < -0.4 is 5.73 Å². The van der Waals surface area contributed by atoms with Crippen LogP contribution in [0.25, 0.3) is 0 Å². The maximum atomic E-state index is 12.6. The summed E-state index contributed by atoms with van der Waals surface area (Å²) >= 11 is 0. The summed E-state index contributed by atoms with van der Waals surface area (Å²) in [5.74, 6) is -1.49. The van der Waals surface area contributed by atoms with Crippen molar-refractivity contribution in [3.05, 3.63) is 0 Å². The van der Waals surface area contributed by atoms with E-state index in [1.807, 2.05) is 0 Å². The van der Waals surface area contributed by atoms with Gasteiger partial charge in [-0.3, -0.25) is 0 Å². The molecule has 0 bridgehead atoms. The molecule has 0 saturated heterocycles. The first-order valence-electron chi connectivity index (χ1n) is 5.92. The molecule has 2 N–H and O–H groups in total. The van der Waals surface area contributed by atoms with Crippen LogP contribution in [0.15, 0.2) is 0 Å². The molecule has 4 nitrogen and oxygen atoms in total. The normalized spacial score (nSPS) is 14.2. The van der Waals surface area contributed by atoms with Crippen LogP contribution in [0.2, 0.25) is 0 Å². The third-order valence-corrected chi connectivity index (χ3v) is 2.66. The number of ether oxygens (including phenoxy) is 2. The summed E-state index contributed by atoms with van der Waals surface area (Å²) < 4.78 is 47.7. The highest BCUT2D eigenvalue weighted by atomic mass is 19.4. The fourth-order valence-electron chi connectivity index (χ4n) is 1.57. The summed E-state index contributed by atoms with van der Waals surface area (Å²) in [4.78, 5) is 1.72. The molecule has 110 valence electrons. The SMILES string of the molecule is COCCCN(CCOC)CC(CN)C(F)(F)F. The first-order chi connectivity index (χ1) is 8.45. The Kier molecular flexibility index (Phi) is 9.35. The minimum atomic E-state index is -4.25. The van der Waals surface area contributed by atoms with Gasteiger partial charge in [0.05, 0.1) is 12.5 Å². The first kappa shape index (κ1) is 17.6. The Balaban J connectivity index is 4.26. The highest BCUT2D eigenvalue weighted by Gasteiger charge is 2.39. The van der Waals surface area contributed by atoms with Crippen molar-refractivity contribution < 1.29 is 22.6 Å². The molecular formula is C11H23F3N2O2. The Morgan fingerprint density at radius 2 is 1.72 bits per heavy atom. The van der Waals surface area contributed by atoms with Crippen LogP contribution >= 0.6 is 0 Å². The molecule has 0 fully saturated rings. The van der Waals surface area contributed by atoms with E-state index < -0.39 is 18.6 Å². The lowest BCUT2D eigenvalue weighted by atomic mass is 10.1. The van der Waals surface area contributed by atoms with Gasteiger partial charge in [0.25, 0.3) is 0 Å². The highest BCUT2D eigenvalue weighted by Crippen LogP contribution is 2.26. The van der Waals surface area contributed by atoms with Crippen LogP contribution in [-0.4, -0.2) is 64.7 Å². The van der Waals surface area contributed by atoms with Gasteiger partial charge < -0.3 is 20.1 Å². The Labute approximate surface area is 106 Å². The number of methoxy groups -OCH3 is 2. The van der Waals surface area contributed by atoms with Crippen molar-refractivity contribution in [1.29, 1.82) is 0 Å². The van der Waals surface area contributed by atoms with Gasteiger partial charge in [-0.15, -0.1) is 0 Å². The zero-order valence-electron chi connectivity index (χ0n) is 11.0. The smallest absolute Gasteiger partial charge is 0.385 e. The van der Waals surface area contributed by atoms with Gasteiger partial charge in [-0.25, -0.2) is 0 Å². The summed E-state index contributed by atoms with van der Waals surface area (Å²) in [5, 5.41) is 0. The van der Waals surface area contributed by atoms with Gasteiger partial charge in [-0.05, 0) is 6.42 Å². The van der Waals surface area contributed by atoms with Crippen LogP contribution in [-0.2, 0) is 9.47 Å². The molecule has 18 heavy (non-hydrogen) atoms. The summed E-state index contributed by atoms with van der Waals surface area (Å²) in [7, 11) is 3.09. The molecule has 0 aliphatic heterocycles. The summed E-state index contributed by atoms with van der Waals surface area (Å²) in [6.07, 6.45) is -3.56. The van der Waals surface area contributed by atoms with Gasteiger partial charge in [0.1, 0.15) is 0 Å². The van der Waals surface area contributed by atoms with E-state index >= 15 is 0 Å². The van der Waals surface area contributed by atoms with Gasteiger partial charge in [0.2, 0.25) is 0 Å². The molecule has 0 aliphatic carbocycles. The molecule has 0 aliphatic rings. The third kappa shape index (κ3) is 7.86. The number of rotatable bonds is 10. The van der Waals surface area contributed by atoms with Crippen molar-refractivity contribution in [2.75, 3.05) is 53.6 Å². The average molecular weight is 272 g/mol. The second kappa shape index (κ2) is 9.55. The van der Waals surface area contributed by atoms with Crippen LogP contribution in [0.5, 0.6) is 0 Å². The van der Waals surface area contributed by atoms with Crippen molar-refractivity contribution >= 4 is 0 Å². The summed E-state index contributed by atoms with van der Waals surface area (Å²) in [5.41, 5.74) is 5.19. The van der Waals surface area contributed by atoms with E-state index in [2.05, 4.69) is 0 Å². The molecule has 0 amide bonds. The van der Waals surface area contributed by atoms with Crippen molar-refractivity contribution in [2.45, 2.75) is 12.6 Å². The fourth-order valence-corrected chi connectivity index (χ4v) is 1.57. The van der Waals surface area contributed by atoms with Crippen molar-refractivity contribution in [3.8, 4) is 0 Å². The average Bonchev–Trinajstić information content (AvgIpc) is 2.30. The lowest BCUT2D eigenvalue weighted by Gasteiger charge is -2.27. The molecule has 1 unspecified atom stereocenters. The molecular weight excluding hydrogens is 249 g/mol.